The maximum absolute atomic E-state index is 13.0. The van der Waals surface area contributed by atoms with Crippen molar-refractivity contribution in [3.63, 3.8) is 0 Å². The highest BCUT2D eigenvalue weighted by molar-refractivity contribution is 6.25. The summed E-state index contributed by atoms with van der Waals surface area (Å²) in [5.41, 5.74) is 6.25. The van der Waals surface area contributed by atoms with Crippen molar-refractivity contribution in [2.75, 3.05) is 32.5 Å². The molecule has 0 saturated carbocycles. The molecular weight excluding hydrogens is 404 g/mol. The number of nitrogens with zero attached hydrogens (tertiary/aromatic N) is 3. The second-order valence-corrected chi connectivity index (χ2v) is 7.99. The summed E-state index contributed by atoms with van der Waals surface area (Å²) in [5, 5.41) is 0. The van der Waals surface area contributed by atoms with Gasteiger partial charge in [0.05, 0.1) is 17.7 Å². The minimum absolute atomic E-state index is 0.00139. The van der Waals surface area contributed by atoms with Gasteiger partial charge in [0.2, 0.25) is 5.91 Å². The normalized spacial score (nSPS) is 24.2. The van der Waals surface area contributed by atoms with Crippen LogP contribution in [0.2, 0.25) is 0 Å². The van der Waals surface area contributed by atoms with Crippen molar-refractivity contribution in [1.29, 1.82) is 0 Å². The third kappa shape index (κ3) is 3.56. The van der Waals surface area contributed by atoms with Crippen molar-refractivity contribution in [2.24, 2.45) is 0 Å². The van der Waals surface area contributed by atoms with E-state index in [1.54, 1.807) is 6.07 Å². The first kappa shape index (κ1) is 21.0. The third-order valence-corrected chi connectivity index (χ3v) is 6.13. The Balaban J connectivity index is 1.43. The van der Waals surface area contributed by atoms with E-state index in [4.69, 9.17) is 10.5 Å². The van der Waals surface area contributed by atoms with E-state index >= 15 is 0 Å². The molecule has 2 saturated heterocycles. The average Bonchev–Trinajstić information content (AvgIpc) is 3.27. The van der Waals surface area contributed by atoms with Gasteiger partial charge in [0.1, 0.15) is 18.7 Å². The lowest BCUT2D eigenvalue weighted by Gasteiger charge is -2.34. The molecule has 10 heteroatoms. The number of imide groups is 2. The summed E-state index contributed by atoms with van der Waals surface area (Å²) in [6.07, 6.45) is 1.67. The number of nitrogen functional groups attached to an aromatic ring is 1. The van der Waals surface area contributed by atoms with Crippen LogP contribution in [0.25, 0.3) is 0 Å². The molecule has 0 bridgehead atoms. The Morgan fingerprint density at radius 2 is 1.94 bits per heavy atom. The molecule has 10 nitrogen and oxygen atoms in total. The number of benzene rings is 1. The van der Waals surface area contributed by atoms with Crippen molar-refractivity contribution in [1.82, 2.24) is 14.7 Å². The van der Waals surface area contributed by atoms with Crippen molar-refractivity contribution in [3.8, 4) is 0 Å². The van der Waals surface area contributed by atoms with Gasteiger partial charge in [-0.15, -0.1) is 0 Å². The van der Waals surface area contributed by atoms with Gasteiger partial charge in [0.15, 0.2) is 0 Å². The van der Waals surface area contributed by atoms with Crippen LogP contribution in [-0.4, -0.2) is 83.1 Å². The van der Waals surface area contributed by atoms with Crippen molar-refractivity contribution in [3.05, 3.63) is 29.3 Å². The average molecular weight is 428 g/mol. The molecule has 3 aliphatic heterocycles. The molecule has 3 aliphatic rings. The number of rotatable bonds is 5. The fourth-order valence-electron chi connectivity index (χ4n) is 4.45. The Labute approximate surface area is 178 Å². The minimum atomic E-state index is -1.10. The van der Waals surface area contributed by atoms with E-state index in [0.29, 0.717) is 6.42 Å². The highest BCUT2D eigenvalue weighted by Crippen LogP contribution is 2.32. The smallest absolute Gasteiger partial charge is 0.323 e. The topological polar surface area (TPSA) is 130 Å². The van der Waals surface area contributed by atoms with Crippen LogP contribution in [0.5, 0.6) is 0 Å². The zero-order valence-corrected chi connectivity index (χ0v) is 17.2. The van der Waals surface area contributed by atoms with Gasteiger partial charge in [0.25, 0.3) is 17.7 Å². The summed E-state index contributed by atoms with van der Waals surface area (Å²) < 4.78 is 5.27. The first-order valence-corrected chi connectivity index (χ1v) is 10.3. The Morgan fingerprint density at radius 1 is 1.16 bits per heavy atom. The van der Waals surface area contributed by atoms with Crippen LogP contribution in [0.4, 0.5) is 5.69 Å². The van der Waals surface area contributed by atoms with E-state index in [9.17, 15) is 24.0 Å². The van der Waals surface area contributed by atoms with Gasteiger partial charge < -0.3 is 10.5 Å². The van der Waals surface area contributed by atoms with E-state index in [2.05, 4.69) is 0 Å². The number of amides is 4. The highest BCUT2D eigenvalue weighted by atomic mass is 16.5. The quantitative estimate of drug-likeness (QED) is 0.395. The van der Waals surface area contributed by atoms with Crippen LogP contribution in [0.15, 0.2) is 18.2 Å². The molecule has 164 valence electrons. The number of likely N-dealkylation sites (tertiary alicyclic amines) is 2. The Bertz CT molecular complexity index is 977. The van der Waals surface area contributed by atoms with Crippen molar-refractivity contribution < 1.29 is 28.7 Å². The van der Waals surface area contributed by atoms with Crippen LogP contribution < -0.4 is 5.73 Å². The number of piperidine rings is 1. The molecule has 0 radical (unpaired) electrons. The lowest BCUT2D eigenvalue weighted by atomic mass is 10.0. The Morgan fingerprint density at radius 3 is 2.61 bits per heavy atom. The standard InChI is InChI=1S/C21H24N4O6/c1-23-9-3-6-15(23)21(30)31-11-10-24-16(26)8-7-14(19(24)28)25-18(27)12-4-2-5-13(22)17(12)20(25)29/h2,4-5,14-15H,3,6-11,22H2,1H3/t14-,15?/m0/s1. The lowest BCUT2D eigenvalue weighted by Crippen LogP contribution is -2.56. The number of esters is 1. The molecule has 1 unspecified atom stereocenters. The summed E-state index contributed by atoms with van der Waals surface area (Å²) in [6, 6.07) is 3.16. The second kappa shape index (κ2) is 8.10. The molecule has 1 aromatic rings. The fraction of sp³-hybridized carbons (Fsp3) is 0.476. The molecule has 1 aromatic carbocycles. The summed E-state index contributed by atoms with van der Waals surface area (Å²) in [6.45, 7) is 0.555. The highest BCUT2D eigenvalue weighted by Gasteiger charge is 2.47. The zero-order valence-electron chi connectivity index (χ0n) is 17.2. The molecule has 2 atom stereocenters. The summed E-state index contributed by atoms with van der Waals surface area (Å²) >= 11 is 0. The zero-order chi connectivity index (χ0) is 22.3. The van der Waals surface area contributed by atoms with Crippen LogP contribution in [0.3, 0.4) is 0 Å². The molecule has 2 N–H and O–H groups in total. The molecule has 0 aromatic heterocycles. The number of carbonyl (C=O) groups is 5. The number of hydrogen-bond donors (Lipinski definition) is 1. The summed E-state index contributed by atoms with van der Waals surface area (Å²) in [4.78, 5) is 67.0. The molecule has 2 fully saturated rings. The van der Waals surface area contributed by atoms with Gasteiger partial charge >= 0.3 is 5.97 Å². The van der Waals surface area contributed by atoms with Crippen molar-refractivity contribution >= 4 is 35.3 Å². The van der Waals surface area contributed by atoms with E-state index in [0.717, 1.165) is 22.8 Å². The Kier molecular flexibility index (Phi) is 5.48. The fourth-order valence-corrected chi connectivity index (χ4v) is 4.45. The number of fused-ring (bicyclic) bond motifs is 1. The third-order valence-electron chi connectivity index (χ3n) is 6.13. The minimum Gasteiger partial charge on any atom is -0.463 e. The van der Waals surface area contributed by atoms with E-state index in [1.165, 1.54) is 12.1 Å². The van der Waals surface area contributed by atoms with Crippen LogP contribution in [-0.2, 0) is 19.1 Å². The van der Waals surface area contributed by atoms with E-state index in [-0.39, 0.29) is 54.8 Å². The van der Waals surface area contributed by atoms with Gasteiger partial charge in [-0.2, -0.15) is 0 Å². The first-order valence-electron chi connectivity index (χ1n) is 10.3. The van der Waals surface area contributed by atoms with Gasteiger partial charge in [0, 0.05) is 12.1 Å². The summed E-state index contributed by atoms with van der Waals surface area (Å²) in [5.74, 6) is -2.70. The maximum atomic E-state index is 13.0. The SMILES string of the molecule is CN1CCCC1C(=O)OCCN1C(=O)CC[C@H](N2C(=O)c3cccc(N)c3C2=O)C1=O. The second-order valence-electron chi connectivity index (χ2n) is 7.99. The molecule has 0 spiro atoms. The molecule has 4 amide bonds. The van der Waals surface area contributed by atoms with Crippen LogP contribution in [0.1, 0.15) is 46.4 Å². The number of likely N-dealkylation sites (N-methyl/N-ethyl adjacent to an activating group) is 1. The number of ether oxygens (including phenoxy) is 1. The monoisotopic (exact) mass is 428 g/mol. The van der Waals surface area contributed by atoms with Gasteiger partial charge in [-0.05, 0) is 45.0 Å². The number of nitrogens with two attached hydrogens (primary N) is 1. The number of carbonyl (C=O) groups excluding carboxylic acids is 5. The largest absolute Gasteiger partial charge is 0.463 e. The van der Waals surface area contributed by atoms with E-state index in [1.807, 2.05) is 11.9 Å². The van der Waals surface area contributed by atoms with Crippen LogP contribution >= 0.6 is 0 Å². The van der Waals surface area contributed by atoms with Gasteiger partial charge in [-0.3, -0.25) is 38.7 Å². The number of hydrogen-bond acceptors (Lipinski definition) is 8. The van der Waals surface area contributed by atoms with Gasteiger partial charge in [-0.1, -0.05) is 6.07 Å². The first-order chi connectivity index (χ1) is 14.8. The molecule has 31 heavy (non-hydrogen) atoms. The van der Waals surface area contributed by atoms with Crippen LogP contribution in [0, 0.1) is 0 Å². The van der Waals surface area contributed by atoms with Crippen molar-refractivity contribution in [2.45, 2.75) is 37.8 Å². The molecule has 0 aliphatic carbocycles. The predicted octanol–water partition coefficient (Wildman–Crippen LogP) is 0.0198. The predicted molar refractivity (Wildman–Crippen MR) is 108 cm³/mol. The molecule has 3 heterocycles. The molecular formula is C21H24N4O6. The van der Waals surface area contributed by atoms with Gasteiger partial charge in [-0.25, -0.2) is 0 Å². The maximum Gasteiger partial charge on any atom is 0.323 e. The van der Waals surface area contributed by atoms with E-state index < -0.39 is 29.7 Å². The Hall–Kier alpha value is -3.27. The summed E-state index contributed by atoms with van der Waals surface area (Å²) in [7, 11) is 1.84. The number of anilines is 1. The lowest BCUT2D eigenvalue weighted by molar-refractivity contribution is -0.157. The molecule has 4 rings (SSSR count).